The molecule has 10 fully saturated rings. The highest BCUT2D eigenvalue weighted by Gasteiger charge is 2.81. The van der Waals surface area contributed by atoms with Crippen LogP contribution in [0.3, 0.4) is 0 Å². The number of hydrogen-bond acceptors (Lipinski definition) is 22. The van der Waals surface area contributed by atoms with Crippen LogP contribution in [0.1, 0.15) is 99.8 Å². The van der Waals surface area contributed by atoms with Crippen LogP contribution in [-0.4, -0.2) is 229 Å². The molecule has 0 radical (unpaired) electrons. The number of ether oxygens (including phenoxy) is 10. The average molecular weight is 1060 g/mol. The van der Waals surface area contributed by atoms with Crippen molar-refractivity contribution >= 4 is 0 Å². The molecule has 10 rings (SSSR count). The van der Waals surface area contributed by atoms with Crippen LogP contribution in [0.4, 0.5) is 0 Å². The van der Waals surface area contributed by atoms with Gasteiger partial charge < -0.3 is 109 Å². The largest absolute Gasteiger partial charge is 0.394 e. The van der Waals surface area contributed by atoms with Gasteiger partial charge in [0, 0.05) is 24.2 Å². The molecule has 6 saturated heterocycles. The Bertz CT molecular complexity index is 2030. The average Bonchev–Trinajstić information content (AvgIpc) is 3.97. The molecule has 2 bridgehead atoms. The van der Waals surface area contributed by atoms with Crippen LogP contribution in [0.2, 0.25) is 0 Å². The first-order chi connectivity index (χ1) is 34.8. The summed E-state index contributed by atoms with van der Waals surface area (Å²) in [5.74, 6) is -0.746. The Morgan fingerprint density at radius 3 is 1.85 bits per heavy atom. The number of aliphatic hydroxyl groups excluding tert-OH is 12. The Morgan fingerprint density at radius 1 is 0.608 bits per heavy atom. The van der Waals surface area contributed by atoms with Crippen LogP contribution in [0, 0.1) is 45.3 Å². The Morgan fingerprint density at radius 2 is 1.20 bits per heavy atom. The van der Waals surface area contributed by atoms with Gasteiger partial charge in [-0.3, -0.25) is 0 Å². The van der Waals surface area contributed by atoms with Crippen molar-refractivity contribution in [1.82, 2.24) is 0 Å². The van der Waals surface area contributed by atoms with Gasteiger partial charge in [-0.2, -0.15) is 0 Å². The minimum Gasteiger partial charge on any atom is -0.394 e. The lowest BCUT2D eigenvalue weighted by molar-refractivity contribution is -0.388. The first-order valence-electron chi connectivity index (χ1n) is 27.0. The van der Waals surface area contributed by atoms with Crippen LogP contribution in [0.5, 0.6) is 0 Å². The maximum atomic E-state index is 11.8. The molecule has 424 valence electrons. The Balaban J connectivity index is 0.927. The number of fused-ring (bicyclic) bond motifs is 4. The normalized spacial score (nSPS) is 56.7. The molecule has 4 saturated carbocycles. The van der Waals surface area contributed by atoms with Crippen molar-refractivity contribution < 1.29 is 109 Å². The van der Waals surface area contributed by atoms with E-state index in [-0.39, 0.29) is 52.6 Å². The van der Waals surface area contributed by atoms with Crippen LogP contribution in [0.15, 0.2) is 11.6 Å². The fourth-order valence-corrected chi connectivity index (χ4v) is 17.1. The zero-order valence-corrected chi connectivity index (χ0v) is 43.6. The topological polar surface area (TPSA) is 335 Å². The van der Waals surface area contributed by atoms with E-state index in [2.05, 4.69) is 40.7 Å². The van der Waals surface area contributed by atoms with Crippen molar-refractivity contribution in [3.63, 3.8) is 0 Å². The lowest BCUT2D eigenvalue weighted by atomic mass is 9.35. The first kappa shape index (κ1) is 56.1. The standard InChI is InChI=1S/C52H84O22/c1-22(2)14-23-15-50(7,74-43-37(62)32(57)25(56)19-65-43)42-24-8-9-30-48(5)12-11-31(47(3,4)29(48)10-13-49(30,6)51(24)20-52(42,73-23)66-21-51)70-46-41(72-44-38(63)34(59)27(17-54)68-44)40(35(60)28(18-55)69-46)71-45-39(64)36(61)33(58)26(16-53)67-45/h14,23-46,53-64H,8-13,15-21H2,1-7H3/t23-,24+,25-,26+,27-,28+,29-,30+,31-,32-,33+,34-,35+,36-,37+,38+,39+,40-,41+,42-,43-,44-,45-,46-,48-,49+,50-,51-,52-/m0/s1. The predicted octanol–water partition coefficient (Wildman–Crippen LogP) is -1.57. The third kappa shape index (κ3) is 8.66. The molecule has 0 aromatic rings. The van der Waals surface area contributed by atoms with E-state index in [1.165, 1.54) is 0 Å². The van der Waals surface area contributed by atoms with Crippen LogP contribution in [-0.2, 0) is 47.4 Å². The summed E-state index contributed by atoms with van der Waals surface area (Å²) in [6.07, 6.45) is -20.6. The molecule has 0 aromatic carbocycles. The summed E-state index contributed by atoms with van der Waals surface area (Å²) in [7, 11) is 0. The zero-order valence-electron chi connectivity index (χ0n) is 43.6. The van der Waals surface area contributed by atoms with Gasteiger partial charge in [0.25, 0.3) is 0 Å². The summed E-state index contributed by atoms with van der Waals surface area (Å²) in [6.45, 7) is 13.5. The number of aliphatic hydroxyl groups is 12. The van der Waals surface area contributed by atoms with E-state index in [1.807, 2.05) is 13.8 Å². The number of rotatable bonds is 12. The van der Waals surface area contributed by atoms with Crippen LogP contribution < -0.4 is 0 Å². The minimum absolute atomic E-state index is 0.0992. The van der Waals surface area contributed by atoms with E-state index in [0.29, 0.717) is 25.9 Å². The summed E-state index contributed by atoms with van der Waals surface area (Å²) >= 11 is 0. The Labute approximate surface area is 431 Å². The molecule has 12 N–H and O–H groups in total. The summed E-state index contributed by atoms with van der Waals surface area (Å²) in [6, 6.07) is 0. The van der Waals surface area contributed by atoms with Crippen molar-refractivity contribution in [1.29, 1.82) is 0 Å². The summed E-state index contributed by atoms with van der Waals surface area (Å²) in [4.78, 5) is 0. The Kier molecular flexibility index (Phi) is 15.3. The maximum absolute atomic E-state index is 11.8. The molecular formula is C52H84O22. The zero-order chi connectivity index (χ0) is 53.4. The van der Waals surface area contributed by atoms with Crippen molar-refractivity contribution in [2.24, 2.45) is 45.3 Å². The van der Waals surface area contributed by atoms with E-state index < -0.39 is 153 Å². The van der Waals surface area contributed by atoms with Gasteiger partial charge in [0.15, 0.2) is 30.9 Å². The van der Waals surface area contributed by atoms with E-state index in [9.17, 15) is 61.3 Å². The van der Waals surface area contributed by atoms with Gasteiger partial charge in [0.2, 0.25) is 0 Å². The van der Waals surface area contributed by atoms with Crippen molar-refractivity contribution in [3.05, 3.63) is 11.6 Å². The molecule has 22 heteroatoms. The molecule has 2 spiro atoms. The maximum Gasteiger partial charge on any atom is 0.187 e. The van der Waals surface area contributed by atoms with Gasteiger partial charge in [0.1, 0.15) is 85.5 Å². The fraction of sp³-hybridized carbons (Fsp3) is 0.962. The molecule has 22 nitrogen and oxygen atoms in total. The lowest BCUT2D eigenvalue weighted by Crippen LogP contribution is -2.69. The third-order valence-electron chi connectivity index (χ3n) is 20.6. The molecular weight excluding hydrogens is 977 g/mol. The number of hydrogen-bond donors (Lipinski definition) is 12. The summed E-state index contributed by atoms with van der Waals surface area (Å²) < 4.78 is 64.2. The van der Waals surface area contributed by atoms with E-state index >= 15 is 0 Å². The molecule has 74 heavy (non-hydrogen) atoms. The van der Waals surface area contributed by atoms with Gasteiger partial charge in [-0.05, 0) is 93.3 Å². The van der Waals surface area contributed by atoms with Gasteiger partial charge in [-0.25, -0.2) is 0 Å². The fourth-order valence-electron chi connectivity index (χ4n) is 17.1. The highest BCUT2D eigenvalue weighted by Crippen LogP contribution is 2.80. The van der Waals surface area contributed by atoms with Crippen LogP contribution in [0.25, 0.3) is 0 Å². The molecule has 6 heterocycles. The summed E-state index contributed by atoms with van der Waals surface area (Å²) in [5, 5.41) is 128. The number of allylic oxidation sites excluding steroid dienone is 1. The second-order valence-corrected chi connectivity index (χ2v) is 25.3. The Hall–Kier alpha value is -1.14. The monoisotopic (exact) mass is 1060 g/mol. The van der Waals surface area contributed by atoms with Gasteiger partial charge in [-0.1, -0.05) is 39.3 Å². The summed E-state index contributed by atoms with van der Waals surface area (Å²) in [5.41, 5.74) is -1.11. The van der Waals surface area contributed by atoms with Crippen molar-refractivity contribution in [3.8, 4) is 0 Å². The van der Waals surface area contributed by atoms with E-state index in [1.54, 1.807) is 0 Å². The lowest BCUT2D eigenvalue weighted by Gasteiger charge is -2.70. The molecule has 0 aromatic heterocycles. The quantitative estimate of drug-likeness (QED) is 0.0776. The predicted molar refractivity (Wildman–Crippen MR) is 251 cm³/mol. The van der Waals surface area contributed by atoms with Gasteiger partial charge in [-0.15, -0.1) is 0 Å². The third-order valence-corrected chi connectivity index (χ3v) is 20.6. The minimum atomic E-state index is -1.89. The van der Waals surface area contributed by atoms with E-state index in [4.69, 9.17) is 47.4 Å². The second-order valence-electron chi connectivity index (χ2n) is 25.3. The SMILES string of the molecule is CC(C)=C[C@H]1C[C@](C)(O[C@@H]2OC[C@H](O)[C@H](O)[C@H]2O)[C@@H]2[C@H]3CC[C@@H]4[C@@]5(C)CC[C@H](O[C@@H]6O[C@H](CO)[C@@H](O)[C@H](O[C@@H]7O[C@H](CO)[C@@H](O)[C@H](O)[C@H]7O)[C@H]6O[C@@H]6O[C@@H](CO)[C@H](O)[C@H]6O)C(C)(C)[C@@H]5CC[C@@]4(C)[C@@]34CO[C@@]2(C4)O1. The molecule has 0 amide bonds. The second kappa shape index (κ2) is 20.1. The molecule has 10 aliphatic rings. The van der Waals surface area contributed by atoms with Gasteiger partial charge >= 0.3 is 0 Å². The van der Waals surface area contributed by atoms with Crippen molar-refractivity contribution in [2.45, 2.75) is 234 Å². The van der Waals surface area contributed by atoms with E-state index in [0.717, 1.165) is 37.7 Å². The molecule has 29 atom stereocenters. The first-order valence-corrected chi connectivity index (χ1v) is 27.0. The van der Waals surface area contributed by atoms with Gasteiger partial charge in [0.05, 0.1) is 50.8 Å². The van der Waals surface area contributed by atoms with Crippen molar-refractivity contribution in [2.75, 3.05) is 33.0 Å². The molecule has 4 aliphatic carbocycles. The highest BCUT2D eigenvalue weighted by atomic mass is 16.8. The molecule has 6 aliphatic heterocycles. The molecule has 0 unspecified atom stereocenters. The van der Waals surface area contributed by atoms with Crippen LogP contribution >= 0.6 is 0 Å². The smallest absolute Gasteiger partial charge is 0.187 e. The highest BCUT2D eigenvalue weighted by molar-refractivity contribution is 5.27.